The SMILES string of the molecule is C=C(C)C(=C)/C(CCCC(C)C=C=CC1=C(C)CCNC1)=C(/C)CCCC. The molecule has 1 aliphatic heterocycles. The second-order valence-electron chi connectivity index (χ2n) is 8.20. The van der Waals surface area contributed by atoms with Gasteiger partial charge in [0.25, 0.3) is 0 Å². The third-order valence-corrected chi connectivity index (χ3v) is 5.56. The number of hydrogen-bond acceptors (Lipinski definition) is 1. The fraction of sp³-hybridized carbons (Fsp3) is 0.577. The van der Waals surface area contributed by atoms with E-state index < -0.39 is 0 Å². The van der Waals surface area contributed by atoms with Crippen molar-refractivity contribution >= 4 is 0 Å². The quantitative estimate of drug-likeness (QED) is 0.295. The molecule has 0 bridgehead atoms. The number of nitrogens with one attached hydrogen (secondary N) is 1. The molecule has 0 aliphatic carbocycles. The van der Waals surface area contributed by atoms with Gasteiger partial charge in [-0.15, -0.1) is 5.73 Å². The van der Waals surface area contributed by atoms with Crippen molar-refractivity contribution in [2.24, 2.45) is 5.92 Å². The zero-order valence-corrected chi connectivity index (χ0v) is 18.5. The Balaban J connectivity index is 2.62. The van der Waals surface area contributed by atoms with E-state index in [1.807, 2.05) is 0 Å². The Hall–Kier alpha value is -1.56. The molecule has 1 rings (SSSR count). The molecule has 0 saturated heterocycles. The molecule has 1 heterocycles. The molecule has 1 aliphatic rings. The first-order valence-electron chi connectivity index (χ1n) is 10.7. The van der Waals surface area contributed by atoms with E-state index in [0.717, 1.165) is 37.1 Å². The van der Waals surface area contributed by atoms with E-state index in [9.17, 15) is 0 Å². The van der Waals surface area contributed by atoms with E-state index in [-0.39, 0.29) is 0 Å². The maximum absolute atomic E-state index is 4.30. The fourth-order valence-corrected chi connectivity index (χ4v) is 3.45. The zero-order valence-electron chi connectivity index (χ0n) is 18.5. The molecule has 1 atom stereocenters. The highest BCUT2D eigenvalue weighted by atomic mass is 14.9. The molecule has 1 nitrogen and oxygen atoms in total. The number of hydrogen-bond donors (Lipinski definition) is 1. The molecular weight excluding hydrogens is 326 g/mol. The minimum absolute atomic E-state index is 0.550. The molecule has 0 saturated carbocycles. The summed E-state index contributed by atoms with van der Waals surface area (Å²) in [5, 5.41) is 3.43. The summed E-state index contributed by atoms with van der Waals surface area (Å²) in [6.45, 7) is 21.6. The van der Waals surface area contributed by atoms with Crippen molar-refractivity contribution in [1.82, 2.24) is 5.32 Å². The number of allylic oxidation sites excluding steroid dienone is 4. The monoisotopic (exact) mass is 367 g/mol. The van der Waals surface area contributed by atoms with Gasteiger partial charge in [0, 0.05) is 6.54 Å². The molecule has 0 radical (unpaired) electrons. The van der Waals surface area contributed by atoms with E-state index in [1.54, 1.807) is 0 Å². The first-order valence-corrected chi connectivity index (χ1v) is 10.7. The Labute approximate surface area is 168 Å². The van der Waals surface area contributed by atoms with Crippen LogP contribution in [-0.2, 0) is 0 Å². The molecule has 0 amide bonds. The van der Waals surface area contributed by atoms with E-state index in [0.29, 0.717) is 5.92 Å². The van der Waals surface area contributed by atoms with Crippen LogP contribution in [0.2, 0.25) is 0 Å². The van der Waals surface area contributed by atoms with Crippen LogP contribution in [-0.4, -0.2) is 13.1 Å². The Morgan fingerprint density at radius 3 is 2.59 bits per heavy atom. The van der Waals surface area contributed by atoms with Gasteiger partial charge in [-0.25, -0.2) is 0 Å². The van der Waals surface area contributed by atoms with Gasteiger partial charge in [0.2, 0.25) is 0 Å². The molecule has 0 aromatic carbocycles. The van der Waals surface area contributed by atoms with Crippen molar-refractivity contribution in [3.63, 3.8) is 0 Å². The summed E-state index contributed by atoms with van der Waals surface area (Å²) in [6, 6.07) is 0. The lowest BCUT2D eigenvalue weighted by atomic mass is 9.89. The highest BCUT2D eigenvalue weighted by Gasteiger charge is 2.09. The first kappa shape index (κ1) is 23.5. The predicted molar refractivity (Wildman–Crippen MR) is 122 cm³/mol. The molecule has 0 spiro atoms. The summed E-state index contributed by atoms with van der Waals surface area (Å²) in [7, 11) is 0. The molecule has 150 valence electrons. The van der Waals surface area contributed by atoms with Gasteiger partial charge in [0.15, 0.2) is 0 Å². The Morgan fingerprint density at radius 1 is 1.22 bits per heavy atom. The van der Waals surface area contributed by atoms with E-state index in [4.69, 9.17) is 0 Å². The molecule has 1 N–H and O–H groups in total. The van der Waals surface area contributed by atoms with Crippen molar-refractivity contribution in [2.45, 2.75) is 79.6 Å². The lowest BCUT2D eigenvalue weighted by Gasteiger charge is -2.16. The van der Waals surface area contributed by atoms with Gasteiger partial charge >= 0.3 is 0 Å². The largest absolute Gasteiger partial charge is 0.312 e. The minimum Gasteiger partial charge on any atom is -0.312 e. The van der Waals surface area contributed by atoms with Crippen LogP contribution in [0.3, 0.4) is 0 Å². The zero-order chi connectivity index (χ0) is 20.2. The smallest absolute Gasteiger partial charge is 0.0211 e. The van der Waals surface area contributed by atoms with Gasteiger partial charge < -0.3 is 5.32 Å². The van der Waals surface area contributed by atoms with Crippen LogP contribution in [0.1, 0.15) is 79.6 Å². The molecule has 0 aromatic heterocycles. The molecule has 0 aromatic rings. The van der Waals surface area contributed by atoms with E-state index >= 15 is 0 Å². The molecule has 1 unspecified atom stereocenters. The van der Waals surface area contributed by atoms with E-state index in [2.05, 4.69) is 71.0 Å². The summed E-state index contributed by atoms with van der Waals surface area (Å²) in [5.41, 5.74) is 11.5. The molecule has 1 heteroatoms. The maximum atomic E-state index is 4.30. The highest BCUT2D eigenvalue weighted by Crippen LogP contribution is 2.28. The van der Waals surface area contributed by atoms with E-state index in [1.165, 1.54) is 54.4 Å². The summed E-state index contributed by atoms with van der Waals surface area (Å²) >= 11 is 0. The van der Waals surface area contributed by atoms with Crippen LogP contribution in [0, 0.1) is 5.92 Å². The van der Waals surface area contributed by atoms with Crippen LogP contribution < -0.4 is 5.32 Å². The highest BCUT2D eigenvalue weighted by molar-refractivity contribution is 5.44. The Bertz CT molecular complexity index is 635. The summed E-state index contributed by atoms with van der Waals surface area (Å²) in [6.07, 6.45) is 12.7. The van der Waals surface area contributed by atoms with Crippen molar-refractivity contribution in [3.05, 3.63) is 64.5 Å². The summed E-state index contributed by atoms with van der Waals surface area (Å²) in [5.74, 6) is 0.550. The van der Waals surface area contributed by atoms with Crippen molar-refractivity contribution in [2.75, 3.05) is 13.1 Å². The third kappa shape index (κ3) is 8.78. The molecule has 0 fully saturated rings. The van der Waals surface area contributed by atoms with Gasteiger partial charge in [-0.2, -0.15) is 0 Å². The summed E-state index contributed by atoms with van der Waals surface area (Å²) < 4.78 is 0. The lowest BCUT2D eigenvalue weighted by Crippen LogP contribution is -2.23. The van der Waals surface area contributed by atoms with Crippen molar-refractivity contribution in [1.29, 1.82) is 0 Å². The predicted octanol–water partition coefficient (Wildman–Crippen LogP) is 7.45. The normalized spacial score (nSPS) is 16.3. The lowest BCUT2D eigenvalue weighted by molar-refractivity contribution is 0.604. The Morgan fingerprint density at radius 2 is 1.96 bits per heavy atom. The standard InChI is InChI=1S/C26H41N/c1-8-9-14-23(6)26(24(7)20(2)3)16-11-13-21(4)12-10-15-25-19-27-18-17-22(25)5/h12,15,21,27H,2,7-9,11,13-14,16-19H2,1,3-6H3/b26-23-. The number of rotatable bonds is 11. The first-order chi connectivity index (χ1) is 12.9. The van der Waals surface area contributed by atoms with Crippen molar-refractivity contribution in [3.8, 4) is 0 Å². The van der Waals surface area contributed by atoms with Gasteiger partial charge in [-0.3, -0.25) is 0 Å². The van der Waals surface area contributed by atoms with Gasteiger partial charge in [0.05, 0.1) is 0 Å². The second kappa shape index (κ2) is 12.8. The van der Waals surface area contributed by atoms with Crippen LogP contribution >= 0.6 is 0 Å². The molecular formula is C26H41N. The van der Waals surface area contributed by atoms with Gasteiger partial charge in [-0.1, -0.05) is 50.1 Å². The average molecular weight is 368 g/mol. The third-order valence-electron chi connectivity index (χ3n) is 5.56. The maximum Gasteiger partial charge on any atom is 0.0211 e. The molecule has 27 heavy (non-hydrogen) atoms. The summed E-state index contributed by atoms with van der Waals surface area (Å²) in [4.78, 5) is 0. The van der Waals surface area contributed by atoms with Crippen LogP contribution in [0.25, 0.3) is 0 Å². The topological polar surface area (TPSA) is 12.0 Å². The van der Waals surface area contributed by atoms with Crippen LogP contribution in [0.15, 0.2) is 64.5 Å². The minimum atomic E-state index is 0.550. The Kier molecular flexibility index (Phi) is 11.1. The van der Waals surface area contributed by atoms with Crippen LogP contribution in [0.5, 0.6) is 0 Å². The fourth-order valence-electron chi connectivity index (χ4n) is 3.45. The van der Waals surface area contributed by atoms with Gasteiger partial charge in [-0.05, 0) is 101 Å². The average Bonchev–Trinajstić information content (AvgIpc) is 2.64. The van der Waals surface area contributed by atoms with Gasteiger partial charge in [0.1, 0.15) is 0 Å². The number of unbranched alkanes of at least 4 members (excludes halogenated alkanes) is 1. The van der Waals surface area contributed by atoms with Crippen LogP contribution in [0.4, 0.5) is 0 Å². The second-order valence-corrected chi connectivity index (χ2v) is 8.20. The van der Waals surface area contributed by atoms with Crippen molar-refractivity contribution < 1.29 is 0 Å².